The zero-order chi connectivity index (χ0) is 13.2. The van der Waals surface area contributed by atoms with E-state index in [1.165, 1.54) is 36.5 Å². The van der Waals surface area contributed by atoms with Crippen LogP contribution in [0.5, 0.6) is 5.75 Å². The van der Waals surface area contributed by atoms with Crippen LogP contribution in [0.3, 0.4) is 0 Å². The van der Waals surface area contributed by atoms with Gasteiger partial charge in [0.1, 0.15) is 5.75 Å². The number of benzene rings is 1. The maximum Gasteiger partial charge on any atom is 0.241 e. The molecule has 1 aromatic rings. The van der Waals surface area contributed by atoms with E-state index >= 15 is 0 Å². The number of nitrogens with two attached hydrogens (primary N) is 1. The Labute approximate surface area is 113 Å². The number of aryl methyl sites for hydroxylation is 2. The number of hydrogen-bond acceptors (Lipinski definition) is 2. The molecule has 19 heavy (non-hydrogen) atoms. The summed E-state index contributed by atoms with van der Waals surface area (Å²) in [6.07, 6.45) is 9.18. The maximum absolute atomic E-state index is 10.9. The molecule has 2 aliphatic rings. The first kappa shape index (κ1) is 12.3. The summed E-state index contributed by atoms with van der Waals surface area (Å²) in [6, 6.07) is 4.29. The molecule has 0 aromatic heterocycles. The van der Waals surface area contributed by atoms with Crippen LogP contribution in [0.15, 0.2) is 18.2 Å². The molecule has 2 aliphatic carbocycles. The van der Waals surface area contributed by atoms with E-state index in [0.717, 1.165) is 36.7 Å². The molecule has 3 heteroatoms. The van der Waals surface area contributed by atoms with E-state index in [4.69, 9.17) is 10.5 Å². The van der Waals surface area contributed by atoms with Crippen molar-refractivity contribution in [3.63, 3.8) is 0 Å². The Hall–Kier alpha value is -1.77. The summed E-state index contributed by atoms with van der Waals surface area (Å²) in [6.45, 7) is 0.788. The summed E-state index contributed by atoms with van der Waals surface area (Å²) < 4.78 is 5.92. The number of carbonyl (C=O) groups excluding carboxylic acids is 1. The van der Waals surface area contributed by atoms with Gasteiger partial charge in [0.25, 0.3) is 0 Å². The average molecular weight is 257 g/mol. The first-order valence-electron chi connectivity index (χ1n) is 6.98. The lowest BCUT2D eigenvalue weighted by molar-refractivity contribution is -0.113. The van der Waals surface area contributed by atoms with E-state index in [1.807, 2.05) is 0 Å². The Morgan fingerprint density at radius 3 is 2.74 bits per heavy atom. The molecule has 1 saturated carbocycles. The van der Waals surface area contributed by atoms with Crippen LogP contribution in [0.25, 0.3) is 6.08 Å². The van der Waals surface area contributed by atoms with Gasteiger partial charge in [-0.05, 0) is 67.4 Å². The van der Waals surface area contributed by atoms with Crippen molar-refractivity contribution in [3.05, 3.63) is 34.9 Å². The Kier molecular flexibility index (Phi) is 3.28. The maximum atomic E-state index is 10.9. The molecule has 0 heterocycles. The minimum atomic E-state index is -0.423. The number of carbonyl (C=O) groups is 1. The van der Waals surface area contributed by atoms with Crippen LogP contribution in [0, 0.1) is 5.92 Å². The van der Waals surface area contributed by atoms with Crippen LogP contribution < -0.4 is 10.5 Å². The SMILES string of the molecule is NC(=O)/C=C\c1cc2c(cc1OCC1CC1)CCC2. The van der Waals surface area contributed by atoms with Gasteiger partial charge in [-0.3, -0.25) is 4.79 Å². The molecule has 0 spiro atoms. The molecule has 2 N–H and O–H groups in total. The molecule has 0 radical (unpaired) electrons. The highest BCUT2D eigenvalue weighted by Gasteiger charge is 2.23. The second kappa shape index (κ2) is 5.08. The summed E-state index contributed by atoms with van der Waals surface area (Å²) in [5, 5.41) is 0. The molecule has 0 atom stereocenters. The van der Waals surface area contributed by atoms with Crippen LogP contribution in [0.4, 0.5) is 0 Å². The smallest absolute Gasteiger partial charge is 0.241 e. The number of fused-ring (bicyclic) bond motifs is 1. The van der Waals surface area contributed by atoms with Gasteiger partial charge in [-0.25, -0.2) is 0 Å². The predicted molar refractivity (Wildman–Crippen MR) is 74.9 cm³/mol. The van der Waals surface area contributed by atoms with Gasteiger partial charge in [-0.15, -0.1) is 0 Å². The number of rotatable bonds is 5. The summed E-state index contributed by atoms with van der Waals surface area (Å²) in [5.41, 5.74) is 8.91. The van der Waals surface area contributed by atoms with Gasteiger partial charge in [0.05, 0.1) is 6.61 Å². The molecule has 1 amide bonds. The zero-order valence-electron chi connectivity index (χ0n) is 11.0. The van der Waals surface area contributed by atoms with E-state index in [-0.39, 0.29) is 0 Å². The fourth-order valence-electron chi connectivity index (χ4n) is 2.54. The van der Waals surface area contributed by atoms with E-state index < -0.39 is 5.91 Å². The van der Waals surface area contributed by atoms with E-state index in [2.05, 4.69) is 12.1 Å². The second-order valence-corrected chi connectivity index (χ2v) is 5.50. The lowest BCUT2D eigenvalue weighted by atomic mass is 10.0. The number of hydrogen-bond donors (Lipinski definition) is 1. The topological polar surface area (TPSA) is 52.3 Å². The summed E-state index contributed by atoms with van der Waals surface area (Å²) >= 11 is 0. The van der Waals surface area contributed by atoms with Crippen LogP contribution >= 0.6 is 0 Å². The fourth-order valence-corrected chi connectivity index (χ4v) is 2.54. The largest absolute Gasteiger partial charge is 0.493 e. The standard InChI is InChI=1S/C16H19NO2/c17-16(18)7-6-14-8-12-2-1-3-13(12)9-15(14)19-10-11-4-5-11/h6-9,11H,1-5,10H2,(H2,17,18)/b7-6-. The van der Waals surface area contributed by atoms with Gasteiger partial charge in [0.2, 0.25) is 5.91 Å². The lowest BCUT2D eigenvalue weighted by Crippen LogP contribution is -2.06. The van der Waals surface area contributed by atoms with E-state index in [1.54, 1.807) is 6.08 Å². The van der Waals surface area contributed by atoms with Gasteiger partial charge in [-0.1, -0.05) is 0 Å². The Morgan fingerprint density at radius 1 is 1.32 bits per heavy atom. The van der Waals surface area contributed by atoms with Gasteiger partial charge >= 0.3 is 0 Å². The van der Waals surface area contributed by atoms with Crippen molar-refractivity contribution >= 4 is 12.0 Å². The van der Waals surface area contributed by atoms with E-state index in [0.29, 0.717) is 0 Å². The minimum Gasteiger partial charge on any atom is -0.493 e. The second-order valence-electron chi connectivity index (χ2n) is 5.50. The third-order valence-corrected chi connectivity index (χ3v) is 3.82. The van der Waals surface area contributed by atoms with Gasteiger partial charge in [0, 0.05) is 11.6 Å². The van der Waals surface area contributed by atoms with Crippen LogP contribution in [0.1, 0.15) is 36.0 Å². The summed E-state index contributed by atoms with van der Waals surface area (Å²) in [4.78, 5) is 10.9. The number of ether oxygens (including phenoxy) is 1. The molecule has 0 saturated heterocycles. The van der Waals surface area contributed by atoms with E-state index in [9.17, 15) is 4.79 Å². The highest BCUT2D eigenvalue weighted by atomic mass is 16.5. The van der Waals surface area contributed by atoms with Gasteiger partial charge < -0.3 is 10.5 Å². The van der Waals surface area contributed by atoms with Crippen molar-refractivity contribution in [1.82, 2.24) is 0 Å². The summed E-state index contributed by atoms with van der Waals surface area (Å²) in [5.74, 6) is 1.19. The van der Waals surface area contributed by atoms with Crippen LogP contribution in [-0.4, -0.2) is 12.5 Å². The van der Waals surface area contributed by atoms with Crippen molar-refractivity contribution in [3.8, 4) is 5.75 Å². The molecular weight excluding hydrogens is 238 g/mol. The quantitative estimate of drug-likeness (QED) is 0.824. The first-order chi connectivity index (χ1) is 9.22. The van der Waals surface area contributed by atoms with Crippen molar-refractivity contribution < 1.29 is 9.53 Å². The average Bonchev–Trinajstić information content (AvgIpc) is 3.10. The lowest BCUT2D eigenvalue weighted by Gasteiger charge is -2.11. The monoisotopic (exact) mass is 257 g/mol. The highest BCUT2D eigenvalue weighted by Crippen LogP contribution is 2.34. The Bertz CT molecular complexity index is 530. The third kappa shape index (κ3) is 2.98. The predicted octanol–water partition coefficient (Wildman–Crippen LogP) is 2.46. The summed E-state index contributed by atoms with van der Waals surface area (Å²) in [7, 11) is 0. The van der Waals surface area contributed by atoms with Crippen LogP contribution in [-0.2, 0) is 17.6 Å². The van der Waals surface area contributed by atoms with Gasteiger partial charge in [0.15, 0.2) is 0 Å². The first-order valence-corrected chi connectivity index (χ1v) is 6.98. The van der Waals surface area contributed by atoms with Crippen molar-refractivity contribution in [1.29, 1.82) is 0 Å². The van der Waals surface area contributed by atoms with Gasteiger partial charge in [-0.2, -0.15) is 0 Å². The Balaban J connectivity index is 1.86. The van der Waals surface area contributed by atoms with Crippen LogP contribution in [0.2, 0.25) is 0 Å². The molecule has 1 fully saturated rings. The van der Waals surface area contributed by atoms with Crippen molar-refractivity contribution in [2.45, 2.75) is 32.1 Å². The zero-order valence-corrected chi connectivity index (χ0v) is 11.0. The molecule has 0 bridgehead atoms. The molecule has 3 rings (SSSR count). The molecular formula is C16H19NO2. The van der Waals surface area contributed by atoms with Crippen molar-refractivity contribution in [2.75, 3.05) is 6.61 Å². The molecule has 100 valence electrons. The van der Waals surface area contributed by atoms with Crippen molar-refractivity contribution in [2.24, 2.45) is 11.7 Å². The normalized spacial score (nSPS) is 17.7. The number of primary amides is 1. The fraction of sp³-hybridized carbons (Fsp3) is 0.438. The molecule has 3 nitrogen and oxygen atoms in total. The molecule has 1 aromatic carbocycles. The number of amides is 1. The Morgan fingerprint density at radius 2 is 2.05 bits per heavy atom. The minimum absolute atomic E-state index is 0.423. The third-order valence-electron chi connectivity index (χ3n) is 3.82. The molecule has 0 unspecified atom stereocenters. The molecule has 0 aliphatic heterocycles. The highest BCUT2D eigenvalue weighted by molar-refractivity contribution is 5.90.